The van der Waals surface area contributed by atoms with E-state index in [1.807, 2.05) is 30.3 Å². The molecule has 2 aliphatic heterocycles. The molecule has 204 valence electrons. The van der Waals surface area contributed by atoms with Crippen LogP contribution in [-0.2, 0) is 23.3 Å². The Balaban J connectivity index is 1.53. The van der Waals surface area contributed by atoms with Gasteiger partial charge in [0.15, 0.2) is 11.0 Å². The van der Waals surface area contributed by atoms with Crippen molar-refractivity contribution >= 4 is 56.5 Å². The lowest BCUT2D eigenvalue weighted by atomic mass is 9.84. The first-order chi connectivity index (χ1) is 19.8. The summed E-state index contributed by atoms with van der Waals surface area (Å²) in [6.45, 7) is 4.27. The van der Waals surface area contributed by atoms with E-state index >= 15 is 0 Å². The van der Waals surface area contributed by atoms with E-state index in [0.29, 0.717) is 28.6 Å². The molecule has 2 aliphatic rings. The number of hydrogen-bond acceptors (Lipinski definition) is 7. The molecule has 10 heteroatoms. The van der Waals surface area contributed by atoms with Crippen LogP contribution in [0.1, 0.15) is 46.1 Å². The van der Waals surface area contributed by atoms with E-state index < -0.39 is 22.8 Å². The molecule has 0 saturated heterocycles. The Morgan fingerprint density at radius 2 is 1.68 bits per heavy atom. The Hall–Kier alpha value is -4.34. The van der Waals surface area contributed by atoms with Crippen LogP contribution in [0.4, 0.5) is 10.8 Å². The fourth-order valence-corrected chi connectivity index (χ4v) is 7.13. The van der Waals surface area contributed by atoms with Gasteiger partial charge in [0.25, 0.3) is 11.8 Å². The smallest absolute Gasteiger partial charge is 0.297 e. The van der Waals surface area contributed by atoms with Crippen LogP contribution in [-0.4, -0.2) is 22.0 Å². The van der Waals surface area contributed by atoms with Gasteiger partial charge < -0.3 is 9.32 Å². The minimum Gasteiger partial charge on any atom is -0.450 e. The summed E-state index contributed by atoms with van der Waals surface area (Å²) in [6.07, 6.45) is 0.657. The van der Waals surface area contributed by atoms with Crippen molar-refractivity contribution in [2.45, 2.75) is 32.4 Å². The third-order valence-corrected chi connectivity index (χ3v) is 8.85. The largest absolute Gasteiger partial charge is 0.450 e. The summed E-state index contributed by atoms with van der Waals surface area (Å²) in [5, 5.41) is 10.4. The lowest BCUT2D eigenvalue weighted by molar-refractivity contribution is -0.121. The van der Waals surface area contributed by atoms with Crippen molar-refractivity contribution < 1.29 is 14.0 Å². The third kappa shape index (κ3) is 3.62. The molecule has 2 aromatic heterocycles. The van der Waals surface area contributed by atoms with Gasteiger partial charge in [-0.3, -0.25) is 19.3 Å². The molecule has 7 rings (SSSR count). The maximum atomic E-state index is 14.9. The zero-order chi connectivity index (χ0) is 28.5. The van der Waals surface area contributed by atoms with Crippen LogP contribution in [0.2, 0.25) is 5.02 Å². The molecule has 8 nitrogen and oxygen atoms in total. The zero-order valence-corrected chi connectivity index (χ0v) is 23.7. The summed E-state index contributed by atoms with van der Waals surface area (Å²) in [5.41, 5.74) is -0.218. The number of halogens is 1. The zero-order valence-electron chi connectivity index (χ0n) is 22.1. The van der Waals surface area contributed by atoms with Gasteiger partial charge in [-0.15, -0.1) is 10.2 Å². The van der Waals surface area contributed by atoms with Crippen molar-refractivity contribution in [1.29, 1.82) is 0 Å². The van der Waals surface area contributed by atoms with Crippen LogP contribution in [0.25, 0.3) is 11.0 Å². The van der Waals surface area contributed by atoms with Crippen LogP contribution < -0.4 is 15.2 Å². The molecule has 0 N–H and O–H groups in total. The summed E-state index contributed by atoms with van der Waals surface area (Å²) >= 11 is 7.74. The SMILES string of the molecule is CC(C)Cc1nnc(N2C(=O)c3oc4ccccc4c(=O)c3C23C(=O)N(Cc2ccccc2Cl)c2ccccc23)s1. The number of aromatic nitrogens is 2. The highest BCUT2D eigenvalue weighted by Gasteiger charge is 2.66. The summed E-state index contributed by atoms with van der Waals surface area (Å²) in [5.74, 6) is -0.937. The Bertz CT molecular complexity index is 1950. The van der Waals surface area contributed by atoms with Gasteiger partial charge in [0.1, 0.15) is 10.6 Å². The van der Waals surface area contributed by atoms with Crippen molar-refractivity contribution in [3.8, 4) is 0 Å². The highest BCUT2D eigenvalue weighted by molar-refractivity contribution is 7.15. The number of anilines is 2. The Kier molecular flexibility index (Phi) is 5.85. The van der Waals surface area contributed by atoms with E-state index in [-0.39, 0.29) is 34.0 Å². The normalized spacial score (nSPS) is 17.8. The molecule has 0 fully saturated rings. The van der Waals surface area contributed by atoms with Crippen LogP contribution in [0.3, 0.4) is 0 Å². The quantitative estimate of drug-likeness (QED) is 0.254. The molecule has 0 aliphatic carbocycles. The van der Waals surface area contributed by atoms with Crippen molar-refractivity contribution in [2.75, 3.05) is 9.80 Å². The average molecular weight is 583 g/mol. The van der Waals surface area contributed by atoms with Gasteiger partial charge in [0, 0.05) is 17.0 Å². The van der Waals surface area contributed by atoms with Crippen LogP contribution in [0.15, 0.2) is 82.0 Å². The number of rotatable bonds is 5. The standard InChI is InChI=1S/C31H23ClN4O4S/c1-17(2)15-24-33-34-30(41-24)36-28(38)27-25(26(37)19-10-4-8-14-23(19)40-27)31(36)20-11-5-7-13-22(20)35(29(31)39)16-18-9-3-6-12-21(18)32/h3-14,17H,15-16H2,1-2H3. The molecular formula is C31H23ClN4O4S. The van der Waals surface area contributed by atoms with Gasteiger partial charge in [-0.25, -0.2) is 0 Å². The summed E-state index contributed by atoms with van der Waals surface area (Å²) in [6, 6.07) is 21.2. The number of amides is 2. The molecule has 5 aromatic rings. The Morgan fingerprint density at radius 3 is 2.49 bits per heavy atom. The van der Waals surface area contributed by atoms with Crippen molar-refractivity contribution in [3.63, 3.8) is 0 Å². The number of benzene rings is 3. The third-order valence-electron chi connectivity index (χ3n) is 7.55. The van der Waals surface area contributed by atoms with E-state index in [9.17, 15) is 14.4 Å². The maximum Gasteiger partial charge on any atom is 0.297 e. The van der Waals surface area contributed by atoms with Crippen molar-refractivity contribution in [1.82, 2.24) is 10.2 Å². The molecule has 41 heavy (non-hydrogen) atoms. The lowest BCUT2D eigenvalue weighted by Crippen LogP contribution is -2.53. The second-order valence-electron chi connectivity index (χ2n) is 10.6. The number of carbonyl (C=O) groups excluding carboxylic acids is 2. The fourth-order valence-electron chi connectivity index (χ4n) is 5.83. The summed E-state index contributed by atoms with van der Waals surface area (Å²) in [7, 11) is 0. The number of fused-ring (bicyclic) bond motifs is 5. The van der Waals surface area contributed by atoms with E-state index in [2.05, 4.69) is 24.0 Å². The first-order valence-electron chi connectivity index (χ1n) is 13.2. The predicted molar refractivity (Wildman–Crippen MR) is 158 cm³/mol. The molecule has 0 saturated carbocycles. The van der Waals surface area contributed by atoms with Gasteiger partial charge >= 0.3 is 0 Å². The van der Waals surface area contributed by atoms with Gasteiger partial charge in [-0.1, -0.05) is 85.3 Å². The topological polar surface area (TPSA) is 96.6 Å². The first kappa shape index (κ1) is 25.6. The van der Waals surface area contributed by atoms with Gasteiger partial charge in [-0.2, -0.15) is 0 Å². The fraction of sp³-hybridized carbons (Fsp3) is 0.194. The van der Waals surface area contributed by atoms with Crippen LogP contribution in [0, 0.1) is 5.92 Å². The molecule has 3 aromatic carbocycles. The van der Waals surface area contributed by atoms with E-state index in [1.54, 1.807) is 47.4 Å². The molecule has 4 heterocycles. The molecule has 1 atom stereocenters. The molecule has 2 amide bonds. The van der Waals surface area contributed by atoms with Crippen molar-refractivity contribution in [2.24, 2.45) is 5.92 Å². The molecule has 0 bridgehead atoms. The van der Waals surface area contributed by atoms with Gasteiger partial charge in [0.05, 0.1) is 23.2 Å². The summed E-state index contributed by atoms with van der Waals surface area (Å²) in [4.78, 5) is 46.4. The lowest BCUT2D eigenvalue weighted by Gasteiger charge is -2.32. The van der Waals surface area contributed by atoms with Crippen LogP contribution >= 0.6 is 22.9 Å². The van der Waals surface area contributed by atoms with E-state index in [1.165, 1.54) is 16.2 Å². The number of carbonyl (C=O) groups is 2. The highest BCUT2D eigenvalue weighted by atomic mass is 35.5. The van der Waals surface area contributed by atoms with Crippen LogP contribution in [0.5, 0.6) is 0 Å². The molecule has 1 unspecified atom stereocenters. The maximum absolute atomic E-state index is 14.9. The minimum absolute atomic E-state index is 0.0130. The Labute approximate surface area is 243 Å². The predicted octanol–water partition coefficient (Wildman–Crippen LogP) is 5.95. The highest BCUT2D eigenvalue weighted by Crippen LogP contribution is 2.54. The average Bonchev–Trinajstić information content (AvgIpc) is 3.59. The van der Waals surface area contributed by atoms with Gasteiger partial charge in [-0.05, 0) is 35.7 Å². The Morgan fingerprint density at radius 1 is 0.951 bits per heavy atom. The van der Waals surface area contributed by atoms with E-state index in [0.717, 1.165) is 10.6 Å². The second kappa shape index (κ2) is 9.36. The number of para-hydroxylation sites is 2. The first-order valence-corrected chi connectivity index (χ1v) is 14.4. The minimum atomic E-state index is -1.83. The monoisotopic (exact) mass is 582 g/mol. The van der Waals surface area contributed by atoms with Crippen molar-refractivity contribution in [3.05, 3.63) is 116 Å². The molecule has 1 spiro atoms. The molecule has 0 radical (unpaired) electrons. The van der Waals surface area contributed by atoms with E-state index in [4.69, 9.17) is 16.0 Å². The number of nitrogens with zero attached hydrogens (tertiary/aromatic N) is 4. The second-order valence-corrected chi connectivity index (χ2v) is 12.0. The van der Waals surface area contributed by atoms with Gasteiger partial charge in [0.2, 0.25) is 10.9 Å². The molecular weight excluding hydrogens is 560 g/mol. The number of hydrogen-bond donors (Lipinski definition) is 0. The summed E-state index contributed by atoms with van der Waals surface area (Å²) < 4.78 is 6.12.